The van der Waals surface area contributed by atoms with E-state index in [0.29, 0.717) is 0 Å². The highest BCUT2D eigenvalue weighted by molar-refractivity contribution is 5.94. The molecule has 1 aliphatic carbocycles. The Labute approximate surface area is 149 Å². The van der Waals surface area contributed by atoms with Gasteiger partial charge in [0.1, 0.15) is 6.07 Å². The van der Waals surface area contributed by atoms with Crippen molar-refractivity contribution in [1.82, 2.24) is 0 Å². The number of carboxylic acid groups (broad SMARTS) is 2. The predicted molar refractivity (Wildman–Crippen MR) is 95.8 cm³/mol. The molecule has 5 heteroatoms. The predicted octanol–water partition coefficient (Wildman–Crippen LogP) is 5.10. The molecule has 1 aromatic rings. The van der Waals surface area contributed by atoms with Gasteiger partial charge in [0.2, 0.25) is 0 Å². The van der Waals surface area contributed by atoms with Gasteiger partial charge in [0, 0.05) is 0 Å². The molecule has 0 amide bonds. The molecule has 0 bridgehead atoms. The molecule has 0 aromatic heterocycles. The van der Waals surface area contributed by atoms with Crippen LogP contribution in [0.1, 0.15) is 91.0 Å². The van der Waals surface area contributed by atoms with Crippen LogP contribution < -0.4 is 0 Å². The van der Waals surface area contributed by atoms with E-state index in [9.17, 15) is 9.59 Å². The van der Waals surface area contributed by atoms with E-state index in [4.69, 9.17) is 15.5 Å². The van der Waals surface area contributed by atoms with E-state index in [1.807, 2.05) is 0 Å². The largest absolute Gasteiger partial charge is 0.478 e. The van der Waals surface area contributed by atoms with Gasteiger partial charge in [-0.25, -0.2) is 9.59 Å². The summed E-state index contributed by atoms with van der Waals surface area (Å²) >= 11 is 0. The number of nitrogens with zero attached hydrogens (tertiary/aromatic N) is 1. The molecule has 0 heterocycles. The Morgan fingerprint density at radius 1 is 1.12 bits per heavy atom. The van der Waals surface area contributed by atoms with Crippen molar-refractivity contribution in [3.63, 3.8) is 0 Å². The van der Waals surface area contributed by atoms with Crippen LogP contribution in [0.4, 0.5) is 0 Å². The Morgan fingerprint density at radius 3 is 2.32 bits per heavy atom. The smallest absolute Gasteiger partial charge is 0.337 e. The van der Waals surface area contributed by atoms with Crippen molar-refractivity contribution in [2.24, 2.45) is 5.92 Å². The lowest BCUT2D eigenvalue weighted by Crippen LogP contribution is -2.05. The summed E-state index contributed by atoms with van der Waals surface area (Å²) < 4.78 is 0. The van der Waals surface area contributed by atoms with Crippen molar-refractivity contribution in [3.8, 4) is 6.07 Å². The topological polar surface area (TPSA) is 98.4 Å². The molecule has 2 N–H and O–H groups in total. The first-order valence-electron chi connectivity index (χ1n) is 9.00. The molecule has 1 fully saturated rings. The molecule has 0 radical (unpaired) electrons. The van der Waals surface area contributed by atoms with Gasteiger partial charge in [0.25, 0.3) is 0 Å². The van der Waals surface area contributed by atoms with Crippen LogP contribution in [0.5, 0.6) is 0 Å². The molecule has 2 rings (SSSR count). The maximum Gasteiger partial charge on any atom is 0.337 e. The van der Waals surface area contributed by atoms with Crippen molar-refractivity contribution in [1.29, 1.82) is 5.26 Å². The first-order chi connectivity index (χ1) is 12.0. The van der Waals surface area contributed by atoms with Crippen LogP contribution in [0.25, 0.3) is 0 Å². The summed E-state index contributed by atoms with van der Waals surface area (Å²) in [7, 11) is 0. The third kappa shape index (κ3) is 7.38. The Kier molecular flexibility index (Phi) is 9.31. The van der Waals surface area contributed by atoms with E-state index in [1.54, 1.807) is 6.07 Å². The van der Waals surface area contributed by atoms with Crippen molar-refractivity contribution in [2.75, 3.05) is 0 Å². The van der Waals surface area contributed by atoms with E-state index in [1.165, 1.54) is 57.8 Å². The third-order valence-corrected chi connectivity index (χ3v) is 4.56. The number of rotatable bonds is 6. The second kappa shape index (κ2) is 11.2. The number of unbranched alkanes of at least 4 members (excludes halogenated alkanes) is 2. The summed E-state index contributed by atoms with van der Waals surface area (Å²) in [6.45, 7) is 2.29. The van der Waals surface area contributed by atoms with Crippen LogP contribution >= 0.6 is 0 Å². The summed E-state index contributed by atoms with van der Waals surface area (Å²) in [6.07, 6.45) is 13.4. The summed E-state index contributed by atoms with van der Waals surface area (Å²) in [5.74, 6) is -1.34. The van der Waals surface area contributed by atoms with Gasteiger partial charge in [-0.2, -0.15) is 5.26 Å². The number of hydrogen-bond donors (Lipinski definition) is 2. The van der Waals surface area contributed by atoms with Gasteiger partial charge in [-0.05, 0) is 24.1 Å². The lowest BCUT2D eigenvalue weighted by atomic mass is 9.86. The SMILES string of the molecule is CCCCCC1CCCCC1.N#Cc1cc(C(=O)O)ccc1C(=O)O. The molecule has 1 aromatic carbocycles. The molecular weight excluding hydrogens is 318 g/mol. The van der Waals surface area contributed by atoms with Crippen molar-refractivity contribution >= 4 is 11.9 Å². The van der Waals surface area contributed by atoms with Gasteiger partial charge in [-0.1, -0.05) is 64.7 Å². The molecule has 136 valence electrons. The summed E-state index contributed by atoms with van der Waals surface area (Å²) in [6, 6.07) is 4.91. The van der Waals surface area contributed by atoms with Crippen LogP contribution in [-0.2, 0) is 0 Å². The lowest BCUT2D eigenvalue weighted by Gasteiger charge is -2.20. The first-order valence-corrected chi connectivity index (χ1v) is 9.00. The van der Waals surface area contributed by atoms with E-state index in [-0.39, 0.29) is 16.7 Å². The quantitative estimate of drug-likeness (QED) is 0.699. The fourth-order valence-corrected chi connectivity index (χ4v) is 3.12. The number of carboxylic acids is 2. The van der Waals surface area contributed by atoms with Gasteiger partial charge < -0.3 is 10.2 Å². The molecule has 0 aliphatic heterocycles. The number of aromatic carboxylic acids is 2. The second-order valence-electron chi connectivity index (χ2n) is 6.48. The zero-order valence-electron chi connectivity index (χ0n) is 14.8. The van der Waals surface area contributed by atoms with E-state index in [2.05, 4.69) is 6.92 Å². The minimum Gasteiger partial charge on any atom is -0.478 e. The third-order valence-electron chi connectivity index (χ3n) is 4.56. The fourth-order valence-electron chi connectivity index (χ4n) is 3.12. The summed E-state index contributed by atoms with van der Waals surface area (Å²) in [5.41, 5.74) is -0.457. The van der Waals surface area contributed by atoms with Gasteiger partial charge in [-0.15, -0.1) is 0 Å². The molecule has 1 aliphatic rings. The first kappa shape index (κ1) is 20.7. The zero-order chi connectivity index (χ0) is 18.7. The Hall–Kier alpha value is -2.35. The number of benzene rings is 1. The second-order valence-corrected chi connectivity index (χ2v) is 6.48. The highest BCUT2D eigenvalue weighted by Gasteiger charge is 2.13. The van der Waals surface area contributed by atoms with Crippen LogP contribution in [0.3, 0.4) is 0 Å². The lowest BCUT2D eigenvalue weighted by molar-refractivity contribution is 0.0681. The average Bonchev–Trinajstić information content (AvgIpc) is 2.62. The molecule has 25 heavy (non-hydrogen) atoms. The standard InChI is InChI=1S/C11H22.C9H5NO4/c1-2-3-5-8-11-9-6-4-7-10-11;10-4-6-3-5(8(11)12)1-2-7(6)9(13)14/h11H,2-10H2,1H3;1-3H,(H,11,12)(H,13,14). The molecular formula is C20H27NO4. The molecule has 0 unspecified atom stereocenters. The van der Waals surface area contributed by atoms with Crippen molar-refractivity contribution < 1.29 is 19.8 Å². The number of carbonyl (C=O) groups is 2. The van der Waals surface area contributed by atoms with Crippen LogP contribution in [0.2, 0.25) is 0 Å². The number of hydrogen-bond acceptors (Lipinski definition) is 3. The normalized spacial score (nSPS) is 14.1. The Bertz CT molecular complexity index is 613. The minimum absolute atomic E-state index is 0.105. The van der Waals surface area contributed by atoms with Gasteiger partial charge >= 0.3 is 11.9 Å². The van der Waals surface area contributed by atoms with Crippen molar-refractivity contribution in [3.05, 3.63) is 34.9 Å². The van der Waals surface area contributed by atoms with E-state index in [0.717, 1.165) is 24.1 Å². The Morgan fingerprint density at radius 2 is 1.80 bits per heavy atom. The molecule has 0 spiro atoms. The van der Waals surface area contributed by atoms with E-state index >= 15 is 0 Å². The molecule has 5 nitrogen and oxygen atoms in total. The average molecular weight is 345 g/mol. The van der Waals surface area contributed by atoms with E-state index < -0.39 is 11.9 Å². The molecule has 1 saturated carbocycles. The summed E-state index contributed by atoms with van der Waals surface area (Å²) in [5, 5.41) is 25.8. The van der Waals surface area contributed by atoms with Gasteiger partial charge in [0.05, 0.1) is 16.7 Å². The highest BCUT2D eigenvalue weighted by Crippen LogP contribution is 2.27. The van der Waals surface area contributed by atoms with Crippen LogP contribution in [-0.4, -0.2) is 22.2 Å². The minimum atomic E-state index is -1.25. The maximum absolute atomic E-state index is 10.6. The maximum atomic E-state index is 10.6. The van der Waals surface area contributed by atoms with Gasteiger partial charge in [0.15, 0.2) is 0 Å². The Balaban J connectivity index is 0.000000257. The molecule has 0 atom stereocenters. The highest BCUT2D eigenvalue weighted by atomic mass is 16.4. The number of nitriles is 1. The van der Waals surface area contributed by atoms with Crippen LogP contribution in [0, 0.1) is 17.2 Å². The monoisotopic (exact) mass is 345 g/mol. The van der Waals surface area contributed by atoms with Gasteiger partial charge in [-0.3, -0.25) is 0 Å². The molecule has 0 saturated heterocycles. The summed E-state index contributed by atoms with van der Waals surface area (Å²) in [4.78, 5) is 21.1. The zero-order valence-corrected chi connectivity index (χ0v) is 14.8. The van der Waals surface area contributed by atoms with Crippen LogP contribution in [0.15, 0.2) is 18.2 Å². The fraction of sp³-hybridized carbons (Fsp3) is 0.550. The van der Waals surface area contributed by atoms with Crippen molar-refractivity contribution in [2.45, 2.75) is 64.7 Å².